The molecule has 1 aliphatic rings. The van der Waals surface area contributed by atoms with Crippen LogP contribution in [-0.2, 0) is 15.7 Å². The molecule has 0 atom stereocenters. The number of carbonyl (C=O) groups is 2. The summed E-state index contributed by atoms with van der Waals surface area (Å²) in [6.07, 6.45) is -2.20. The largest absolute Gasteiger partial charge is 0.416 e. The first kappa shape index (κ1) is 21.9. The number of nitrogens with one attached hydrogen (secondary N) is 1. The summed E-state index contributed by atoms with van der Waals surface area (Å²) in [5.74, 6) is -0.661. The molecular formula is C21H18ClF3N2O3. The summed E-state index contributed by atoms with van der Waals surface area (Å²) in [7, 11) is 0. The average molecular weight is 439 g/mol. The monoisotopic (exact) mass is 438 g/mol. The van der Waals surface area contributed by atoms with Crippen LogP contribution in [0.1, 0.15) is 21.5 Å². The Bertz CT molecular complexity index is 953. The maximum Gasteiger partial charge on any atom is 0.416 e. The number of halogens is 4. The lowest BCUT2D eigenvalue weighted by atomic mass is 10.1. The van der Waals surface area contributed by atoms with Crippen LogP contribution in [0.25, 0.3) is 6.08 Å². The Morgan fingerprint density at radius 2 is 1.73 bits per heavy atom. The molecule has 2 amide bonds. The van der Waals surface area contributed by atoms with E-state index in [1.807, 2.05) is 0 Å². The van der Waals surface area contributed by atoms with Crippen LogP contribution in [-0.4, -0.2) is 43.0 Å². The summed E-state index contributed by atoms with van der Waals surface area (Å²) < 4.78 is 43.7. The number of alkyl halides is 3. The number of ether oxygens (including phenoxy) is 1. The van der Waals surface area contributed by atoms with Crippen molar-refractivity contribution in [1.29, 1.82) is 0 Å². The van der Waals surface area contributed by atoms with Gasteiger partial charge in [0.15, 0.2) is 0 Å². The maximum atomic E-state index is 12.8. The number of benzene rings is 2. The Balaban J connectivity index is 1.63. The van der Waals surface area contributed by atoms with Gasteiger partial charge < -0.3 is 15.0 Å². The molecule has 0 aliphatic carbocycles. The van der Waals surface area contributed by atoms with E-state index < -0.39 is 17.6 Å². The van der Waals surface area contributed by atoms with E-state index in [0.29, 0.717) is 37.6 Å². The molecule has 1 heterocycles. The maximum absolute atomic E-state index is 12.8. The number of rotatable bonds is 4. The fraction of sp³-hybridized carbons (Fsp3) is 0.238. The molecule has 9 heteroatoms. The van der Waals surface area contributed by atoms with E-state index >= 15 is 0 Å². The summed E-state index contributed by atoms with van der Waals surface area (Å²) in [5.41, 5.74) is 0.153. The lowest BCUT2D eigenvalue weighted by Gasteiger charge is -2.26. The lowest BCUT2D eigenvalue weighted by Crippen LogP contribution is -2.40. The normalized spacial score (nSPS) is 14.7. The number of carbonyl (C=O) groups excluding carboxylic acids is 2. The van der Waals surface area contributed by atoms with Gasteiger partial charge in [0.05, 0.1) is 18.8 Å². The second kappa shape index (κ2) is 9.32. The summed E-state index contributed by atoms with van der Waals surface area (Å²) in [4.78, 5) is 26.2. The van der Waals surface area contributed by atoms with Crippen molar-refractivity contribution in [3.63, 3.8) is 0 Å². The van der Waals surface area contributed by atoms with Crippen molar-refractivity contribution >= 4 is 35.2 Å². The molecule has 0 spiro atoms. The summed E-state index contributed by atoms with van der Waals surface area (Å²) in [5, 5.41) is 2.68. The van der Waals surface area contributed by atoms with Crippen LogP contribution in [0.4, 0.5) is 18.9 Å². The third kappa shape index (κ3) is 5.61. The summed E-state index contributed by atoms with van der Waals surface area (Å²) >= 11 is 5.91. The van der Waals surface area contributed by atoms with Gasteiger partial charge in [-0.05, 0) is 54.1 Å². The lowest BCUT2D eigenvalue weighted by molar-refractivity contribution is -0.137. The zero-order valence-electron chi connectivity index (χ0n) is 15.7. The Kier molecular flexibility index (Phi) is 6.79. The highest BCUT2D eigenvalue weighted by Crippen LogP contribution is 2.32. The highest BCUT2D eigenvalue weighted by atomic mass is 35.5. The molecule has 0 radical (unpaired) electrons. The molecule has 1 N–H and O–H groups in total. The van der Waals surface area contributed by atoms with Crippen LogP contribution in [0, 0.1) is 0 Å². The van der Waals surface area contributed by atoms with E-state index in [1.165, 1.54) is 6.08 Å². The Morgan fingerprint density at radius 1 is 1.07 bits per heavy atom. The van der Waals surface area contributed by atoms with Gasteiger partial charge in [-0.15, -0.1) is 0 Å². The molecule has 30 heavy (non-hydrogen) atoms. The molecule has 2 aromatic carbocycles. The van der Waals surface area contributed by atoms with Gasteiger partial charge in [-0.3, -0.25) is 9.59 Å². The third-order valence-corrected chi connectivity index (χ3v) is 4.78. The van der Waals surface area contributed by atoms with Crippen molar-refractivity contribution in [2.24, 2.45) is 0 Å². The zero-order valence-corrected chi connectivity index (χ0v) is 16.5. The van der Waals surface area contributed by atoms with Crippen molar-refractivity contribution < 1.29 is 27.5 Å². The van der Waals surface area contributed by atoms with Gasteiger partial charge in [0.25, 0.3) is 5.91 Å². The second-order valence-corrected chi connectivity index (χ2v) is 6.95. The molecule has 5 nitrogen and oxygen atoms in total. The van der Waals surface area contributed by atoms with Gasteiger partial charge in [-0.1, -0.05) is 11.6 Å². The van der Waals surface area contributed by atoms with Crippen LogP contribution in [0.5, 0.6) is 0 Å². The highest BCUT2D eigenvalue weighted by molar-refractivity contribution is 6.32. The van der Waals surface area contributed by atoms with E-state index in [-0.39, 0.29) is 16.5 Å². The molecule has 0 bridgehead atoms. The first-order chi connectivity index (χ1) is 14.2. The topological polar surface area (TPSA) is 58.6 Å². The minimum atomic E-state index is -4.50. The number of hydrogen-bond donors (Lipinski definition) is 1. The van der Waals surface area contributed by atoms with Crippen molar-refractivity contribution in [1.82, 2.24) is 4.90 Å². The van der Waals surface area contributed by atoms with Crippen LogP contribution >= 0.6 is 11.6 Å². The van der Waals surface area contributed by atoms with E-state index in [0.717, 1.165) is 24.3 Å². The number of morpholine rings is 1. The molecule has 2 aromatic rings. The van der Waals surface area contributed by atoms with Crippen molar-refractivity contribution in [2.45, 2.75) is 6.18 Å². The van der Waals surface area contributed by atoms with E-state index in [1.54, 1.807) is 29.2 Å². The molecule has 0 aromatic heterocycles. The standard InChI is InChI=1S/C21H18ClF3N2O3/c22-18-7-4-16(21(23,24)25)13-15(18)3-8-19(28)26-17-5-1-14(2-6-17)20(29)27-9-11-30-12-10-27/h1-8,13H,9-12H2,(H,26,28)/b8-3+. The number of amides is 2. The smallest absolute Gasteiger partial charge is 0.378 e. The number of hydrogen-bond acceptors (Lipinski definition) is 3. The predicted molar refractivity (Wildman–Crippen MR) is 107 cm³/mol. The molecular weight excluding hydrogens is 421 g/mol. The minimum absolute atomic E-state index is 0.0769. The fourth-order valence-corrected chi connectivity index (χ4v) is 3.02. The van der Waals surface area contributed by atoms with Crippen molar-refractivity contribution in [3.05, 3.63) is 70.3 Å². The number of nitrogens with zero attached hydrogens (tertiary/aromatic N) is 1. The van der Waals surface area contributed by atoms with Crippen molar-refractivity contribution in [3.8, 4) is 0 Å². The van der Waals surface area contributed by atoms with Gasteiger partial charge in [0.1, 0.15) is 0 Å². The fourth-order valence-electron chi connectivity index (χ4n) is 2.84. The van der Waals surface area contributed by atoms with Crippen LogP contribution < -0.4 is 5.32 Å². The van der Waals surface area contributed by atoms with Crippen LogP contribution in [0.2, 0.25) is 5.02 Å². The predicted octanol–water partition coefficient (Wildman–Crippen LogP) is 4.48. The van der Waals surface area contributed by atoms with E-state index in [2.05, 4.69) is 5.32 Å². The van der Waals surface area contributed by atoms with Gasteiger partial charge in [-0.25, -0.2) is 0 Å². The average Bonchev–Trinajstić information content (AvgIpc) is 2.73. The van der Waals surface area contributed by atoms with Gasteiger partial charge >= 0.3 is 6.18 Å². The molecule has 3 rings (SSSR count). The van der Waals surface area contributed by atoms with Gasteiger partial charge in [0, 0.05) is 35.4 Å². The molecule has 1 fully saturated rings. The molecule has 1 aliphatic heterocycles. The first-order valence-electron chi connectivity index (χ1n) is 9.07. The second-order valence-electron chi connectivity index (χ2n) is 6.54. The van der Waals surface area contributed by atoms with Crippen molar-refractivity contribution in [2.75, 3.05) is 31.6 Å². The molecule has 158 valence electrons. The quantitative estimate of drug-likeness (QED) is 0.716. The van der Waals surface area contributed by atoms with E-state index in [4.69, 9.17) is 16.3 Å². The third-order valence-electron chi connectivity index (χ3n) is 4.44. The Morgan fingerprint density at radius 3 is 2.37 bits per heavy atom. The molecule has 1 saturated heterocycles. The van der Waals surface area contributed by atoms with Crippen LogP contribution in [0.15, 0.2) is 48.5 Å². The van der Waals surface area contributed by atoms with Gasteiger partial charge in [0.2, 0.25) is 5.91 Å². The number of anilines is 1. The van der Waals surface area contributed by atoms with E-state index in [9.17, 15) is 22.8 Å². The zero-order chi connectivity index (χ0) is 21.7. The summed E-state index contributed by atoms with van der Waals surface area (Å²) in [6, 6.07) is 9.23. The molecule has 0 unspecified atom stereocenters. The minimum Gasteiger partial charge on any atom is -0.378 e. The highest BCUT2D eigenvalue weighted by Gasteiger charge is 2.30. The Labute approximate surface area is 176 Å². The SMILES string of the molecule is O=C(/C=C/c1cc(C(F)(F)F)ccc1Cl)Nc1ccc(C(=O)N2CCOCC2)cc1. The van der Waals surface area contributed by atoms with Gasteiger partial charge in [-0.2, -0.15) is 13.2 Å². The van der Waals surface area contributed by atoms with Crippen LogP contribution in [0.3, 0.4) is 0 Å². The molecule has 0 saturated carbocycles. The Hall–Kier alpha value is -2.84. The summed E-state index contributed by atoms with van der Waals surface area (Å²) in [6.45, 7) is 2.06. The first-order valence-corrected chi connectivity index (χ1v) is 9.45.